The first-order valence-electron chi connectivity index (χ1n) is 10.1. The van der Waals surface area contributed by atoms with E-state index in [1.54, 1.807) is 6.92 Å². The normalized spacial score (nSPS) is 19.5. The molecule has 0 saturated heterocycles. The number of hydrogen-bond acceptors (Lipinski definition) is 2. The van der Waals surface area contributed by atoms with Crippen molar-refractivity contribution in [3.8, 4) is 17.6 Å². The van der Waals surface area contributed by atoms with Crippen LogP contribution in [-0.4, -0.2) is 17.7 Å². The summed E-state index contributed by atoms with van der Waals surface area (Å²) in [5, 5.41) is 9.06. The molecule has 1 atom stereocenters. The molecule has 2 aliphatic carbocycles. The Balaban J connectivity index is 1.57. The van der Waals surface area contributed by atoms with Gasteiger partial charge in [-0.05, 0) is 67.7 Å². The Labute approximate surface area is 162 Å². The standard InChI is InChI=1S/C24H30O3/c1-2-7-21(16-23(25)26)20-9-11-22(12-10-20)27-18-19-8-6-15-24(17-19)13-4-3-5-14-24/h8-12,21H,3-6,13-18H2,1H3,(H,25,26). The monoisotopic (exact) mass is 366 g/mol. The molecule has 0 aromatic heterocycles. The number of hydrogen-bond donors (Lipinski definition) is 1. The van der Waals surface area contributed by atoms with E-state index in [0.29, 0.717) is 12.0 Å². The van der Waals surface area contributed by atoms with Crippen LogP contribution in [0.1, 0.15) is 76.2 Å². The molecule has 0 heterocycles. The molecule has 0 amide bonds. The molecule has 3 nitrogen and oxygen atoms in total. The average molecular weight is 367 g/mol. The molecule has 27 heavy (non-hydrogen) atoms. The lowest BCUT2D eigenvalue weighted by Crippen LogP contribution is -2.28. The lowest BCUT2D eigenvalue weighted by atomic mass is 9.65. The van der Waals surface area contributed by atoms with Gasteiger partial charge in [0.1, 0.15) is 12.4 Å². The Morgan fingerprint density at radius 2 is 1.93 bits per heavy atom. The van der Waals surface area contributed by atoms with Crippen molar-refractivity contribution >= 4 is 5.97 Å². The topological polar surface area (TPSA) is 46.5 Å². The third-order valence-electron chi connectivity index (χ3n) is 6.03. The van der Waals surface area contributed by atoms with Gasteiger partial charge in [0.15, 0.2) is 0 Å². The van der Waals surface area contributed by atoms with Crippen LogP contribution in [0.2, 0.25) is 0 Å². The molecule has 3 heteroatoms. The molecule has 1 spiro atoms. The molecule has 3 rings (SSSR count). The fourth-order valence-corrected chi connectivity index (χ4v) is 4.64. The minimum absolute atomic E-state index is 0.0238. The second-order valence-electron chi connectivity index (χ2n) is 8.04. The summed E-state index contributed by atoms with van der Waals surface area (Å²) in [6, 6.07) is 7.74. The van der Waals surface area contributed by atoms with E-state index in [-0.39, 0.29) is 12.3 Å². The molecular formula is C24H30O3. The van der Waals surface area contributed by atoms with Crippen molar-refractivity contribution in [3.63, 3.8) is 0 Å². The Morgan fingerprint density at radius 1 is 1.19 bits per heavy atom. The molecule has 1 aromatic carbocycles. The smallest absolute Gasteiger partial charge is 0.304 e. The van der Waals surface area contributed by atoms with E-state index in [4.69, 9.17) is 9.84 Å². The fourth-order valence-electron chi connectivity index (χ4n) is 4.64. The molecule has 1 N–H and O–H groups in total. The molecule has 1 fully saturated rings. The van der Waals surface area contributed by atoms with E-state index < -0.39 is 5.97 Å². The number of carbonyl (C=O) groups is 1. The van der Waals surface area contributed by atoms with Crippen LogP contribution in [0.25, 0.3) is 0 Å². The lowest BCUT2D eigenvalue weighted by Gasteiger charge is -2.40. The maximum absolute atomic E-state index is 11.0. The van der Waals surface area contributed by atoms with Crippen molar-refractivity contribution in [2.45, 2.75) is 70.6 Å². The molecular weight excluding hydrogens is 336 g/mol. The number of rotatable bonds is 6. The van der Waals surface area contributed by atoms with Crippen molar-refractivity contribution in [1.29, 1.82) is 0 Å². The van der Waals surface area contributed by atoms with Gasteiger partial charge in [0, 0.05) is 0 Å². The second-order valence-corrected chi connectivity index (χ2v) is 8.04. The Morgan fingerprint density at radius 3 is 2.59 bits per heavy atom. The van der Waals surface area contributed by atoms with Crippen LogP contribution in [0.3, 0.4) is 0 Å². The first kappa shape index (κ1) is 19.5. The summed E-state index contributed by atoms with van der Waals surface area (Å²) in [6.45, 7) is 2.40. The van der Waals surface area contributed by atoms with E-state index >= 15 is 0 Å². The summed E-state index contributed by atoms with van der Waals surface area (Å²) in [4.78, 5) is 11.0. The Hall–Kier alpha value is -2.21. The maximum Gasteiger partial charge on any atom is 0.304 e. The van der Waals surface area contributed by atoms with Crippen LogP contribution in [0.15, 0.2) is 35.9 Å². The Bertz CT molecular complexity index is 727. The second kappa shape index (κ2) is 9.13. The van der Waals surface area contributed by atoms with Crippen molar-refractivity contribution < 1.29 is 14.6 Å². The first-order chi connectivity index (χ1) is 13.1. The molecule has 1 unspecified atom stereocenters. The predicted octanol–water partition coefficient (Wildman–Crippen LogP) is 5.71. The van der Waals surface area contributed by atoms with Gasteiger partial charge in [-0.25, -0.2) is 0 Å². The van der Waals surface area contributed by atoms with Crippen molar-refractivity contribution in [1.82, 2.24) is 0 Å². The van der Waals surface area contributed by atoms with Crippen LogP contribution in [0.5, 0.6) is 5.75 Å². The number of aliphatic carboxylic acids is 1. The third kappa shape index (κ3) is 5.39. The minimum Gasteiger partial charge on any atom is -0.489 e. The van der Waals surface area contributed by atoms with Crippen LogP contribution < -0.4 is 4.74 Å². The number of carboxylic acids is 1. The predicted molar refractivity (Wildman–Crippen MR) is 108 cm³/mol. The molecule has 2 aliphatic rings. The molecule has 0 radical (unpaired) electrons. The zero-order chi connectivity index (χ0) is 19.1. The van der Waals surface area contributed by atoms with Gasteiger partial charge in [0.25, 0.3) is 0 Å². The average Bonchev–Trinajstić information content (AvgIpc) is 2.67. The number of carboxylic acid groups (broad SMARTS) is 1. The van der Waals surface area contributed by atoms with Gasteiger partial charge in [-0.2, -0.15) is 0 Å². The highest BCUT2D eigenvalue weighted by atomic mass is 16.5. The van der Waals surface area contributed by atoms with E-state index in [1.165, 1.54) is 56.9 Å². The van der Waals surface area contributed by atoms with Gasteiger partial charge < -0.3 is 9.84 Å². The van der Waals surface area contributed by atoms with Gasteiger partial charge in [-0.1, -0.05) is 43.4 Å². The highest BCUT2D eigenvalue weighted by molar-refractivity contribution is 5.69. The molecule has 0 bridgehead atoms. The summed E-state index contributed by atoms with van der Waals surface area (Å²) in [5.41, 5.74) is 2.91. The van der Waals surface area contributed by atoms with Crippen molar-refractivity contribution in [2.24, 2.45) is 5.41 Å². The number of benzene rings is 1. The molecule has 0 aliphatic heterocycles. The molecule has 144 valence electrons. The largest absolute Gasteiger partial charge is 0.489 e. The maximum atomic E-state index is 11.0. The third-order valence-corrected chi connectivity index (χ3v) is 6.03. The Kier molecular flexibility index (Phi) is 6.61. The summed E-state index contributed by atoms with van der Waals surface area (Å²) < 4.78 is 6.03. The highest BCUT2D eigenvalue weighted by Crippen LogP contribution is 2.47. The van der Waals surface area contributed by atoms with Gasteiger partial charge in [0.05, 0.1) is 12.3 Å². The number of ether oxygens (including phenoxy) is 1. The van der Waals surface area contributed by atoms with Crippen molar-refractivity contribution in [2.75, 3.05) is 6.61 Å². The number of allylic oxidation sites excluding steroid dienone is 1. The van der Waals surface area contributed by atoms with Crippen LogP contribution >= 0.6 is 0 Å². The van der Waals surface area contributed by atoms with Crippen LogP contribution in [0.4, 0.5) is 0 Å². The first-order valence-corrected chi connectivity index (χ1v) is 10.1. The van der Waals surface area contributed by atoms with Crippen LogP contribution in [-0.2, 0) is 4.79 Å². The van der Waals surface area contributed by atoms with E-state index in [2.05, 4.69) is 17.9 Å². The van der Waals surface area contributed by atoms with E-state index in [1.807, 2.05) is 24.3 Å². The SMILES string of the molecule is CC#CC(CC(=O)O)c1ccc(OCC2=CCCC3(CCCCC3)C2)cc1. The minimum atomic E-state index is -0.830. The van der Waals surface area contributed by atoms with E-state index in [0.717, 1.165) is 11.3 Å². The fraction of sp³-hybridized carbons (Fsp3) is 0.542. The summed E-state index contributed by atoms with van der Waals surface area (Å²) in [5.74, 6) is 5.55. The molecule has 1 saturated carbocycles. The van der Waals surface area contributed by atoms with Gasteiger partial charge in [-0.3, -0.25) is 4.79 Å². The van der Waals surface area contributed by atoms with Gasteiger partial charge in [0.2, 0.25) is 0 Å². The summed E-state index contributed by atoms with van der Waals surface area (Å²) in [7, 11) is 0. The summed E-state index contributed by atoms with van der Waals surface area (Å²) >= 11 is 0. The molecule has 1 aromatic rings. The lowest BCUT2D eigenvalue weighted by molar-refractivity contribution is -0.137. The van der Waals surface area contributed by atoms with Gasteiger partial charge in [-0.15, -0.1) is 5.92 Å². The zero-order valence-electron chi connectivity index (χ0n) is 16.3. The van der Waals surface area contributed by atoms with Gasteiger partial charge >= 0.3 is 5.97 Å². The van der Waals surface area contributed by atoms with Crippen molar-refractivity contribution in [3.05, 3.63) is 41.5 Å². The quantitative estimate of drug-likeness (QED) is 0.518. The summed E-state index contributed by atoms with van der Waals surface area (Å²) in [6.07, 6.45) is 13.0. The van der Waals surface area contributed by atoms with E-state index in [9.17, 15) is 4.79 Å². The zero-order valence-corrected chi connectivity index (χ0v) is 16.3. The van der Waals surface area contributed by atoms with Crippen LogP contribution in [0, 0.1) is 17.3 Å². The highest BCUT2D eigenvalue weighted by Gasteiger charge is 2.34.